The molecule has 0 atom stereocenters. The van der Waals surface area contributed by atoms with Gasteiger partial charge in [-0.05, 0) is 42.0 Å². The van der Waals surface area contributed by atoms with Crippen LogP contribution in [-0.2, 0) is 0 Å². The van der Waals surface area contributed by atoms with Crippen LogP contribution in [0.15, 0.2) is 54.7 Å². The number of anilines is 2. The van der Waals surface area contributed by atoms with Crippen LogP contribution in [0.5, 0.6) is 0 Å². The van der Waals surface area contributed by atoms with Gasteiger partial charge in [-0.25, -0.2) is 4.98 Å². The molecule has 0 aliphatic heterocycles. The molecule has 2 aromatic carbocycles. The quantitative estimate of drug-likeness (QED) is 0.680. The first-order valence-electron chi connectivity index (χ1n) is 6.91. The third kappa shape index (κ3) is 2.74. The summed E-state index contributed by atoms with van der Waals surface area (Å²) < 4.78 is 0. The number of nitrogens with one attached hydrogen (secondary N) is 3. The van der Waals surface area contributed by atoms with Crippen LogP contribution in [0.3, 0.4) is 0 Å². The second-order valence-corrected chi connectivity index (χ2v) is 4.80. The molecular formula is C17H18N4. The van der Waals surface area contributed by atoms with Crippen molar-refractivity contribution >= 4 is 11.4 Å². The van der Waals surface area contributed by atoms with Crippen LogP contribution in [0.1, 0.15) is 0 Å². The third-order valence-electron chi connectivity index (χ3n) is 3.51. The van der Waals surface area contributed by atoms with Gasteiger partial charge in [0.15, 0.2) is 0 Å². The number of aromatic nitrogens is 2. The second kappa shape index (κ2) is 5.71. The Hall–Kier alpha value is -2.75. The number of aromatic amines is 1. The molecule has 21 heavy (non-hydrogen) atoms. The number of benzene rings is 2. The smallest absolute Gasteiger partial charge is 0.137 e. The van der Waals surface area contributed by atoms with Gasteiger partial charge in [-0.15, -0.1) is 0 Å². The number of H-pyrrole nitrogens is 1. The topological polar surface area (TPSA) is 52.7 Å². The summed E-state index contributed by atoms with van der Waals surface area (Å²) in [5.74, 6) is 0.880. The molecule has 3 aromatic rings. The van der Waals surface area contributed by atoms with Crippen LogP contribution >= 0.6 is 0 Å². The molecule has 0 aliphatic rings. The number of hydrogen-bond acceptors (Lipinski definition) is 3. The molecule has 0 bridgehead atoms. The lowest BCUT2D eigenvalue weighted by Gasteiger charge is -2.02. The van der Waals surface area contributed by atoms with Crippen LogP contribution < -0.4 is 10.6 Å². The SMILES string of the molecule is CNc1ccc(-c2cnc(-c3ccc(NC)cc3)[nH]2)cc1. The van der Waals surface area contributed by atoms with Gasteiger partial charge in [-0.3, -0.25) is 0 Å². The average molecular weight is 278 g/mol. The molecule has 0 aliphatic carbocycles. The van der Waals surface area contributed by atoms with E-state index in [0.29, 0.717) is 0 Å². The van der Waals surface area contributed by atoms with Gasteiger partial charge in [0.05, 0.1) is 11.9 Å². The summed E-state index contributed by atoms with van der Waals surface area (Å²) in [6, 6.07) is 16.4. The van der Waals surface area contributed by atoms with E-state index in [9.17, 15) is 0 Å². The van der Waals surface area contributed by atoms with Crippen molar-refractivity contribution in [3.05, 3.63) is 54.7 Å². The van der Waals surface area contributed by atoms with Gasteiger partial charge in [0.2, 0.25) is 0 Å². The predicted molar refractivity (Wildman–Crippen MR) is 88.6 cm³/mol. The molecule has 3 rings (SSSR count). The molecule has 4 nitrogen and oxygen atoms in total. The van der Waals surface area contributed by atoms with Crippen molar-refractivity contribution < 1.29 is 0 Å². The molecule has 0 fully saturated rings. The second-order valence-electron chi connectivity index (χ2n) is 4.80. The van der Waals surface area contributed by atoms with Crippen molar-refractivity contribution in [3.63, 3.8) is 0 Å². The van der Waals surface area contributed by atoms with E-state index >= 15 is 0 Å². The fraction of sp³-hybridized carbons (Fsp3) is 0.118. The Morgan fingerprint density at radius 1 is 0.762 bits per heavy atom. The fourth-order valence-corrected chi connectivity index (χ4v) is 2.23. The molecular weight excluding hydrogens is 260 g/mol. The Labute approximate surface area is 124 Å². The highest BCUT2D eigenvalue weighted by Crippen LogP contribution is 2.24. The van der Waals surface area contributed by atoms with Gasteiger partial charge in [0.1, 0.15) is 5.82 Å². The van der Waals surface area contributed by atoms with Gasteiger partial charge in [-0.2, -0.15) is 0 Å². The molecule has 4 heteroatoms. The Bertz CT molecular complexity index is 649. The van der Waals surface area contributed by atoms with E-state index in [0.717, 1.165) is 34.0 Å². The first-order chi connectivity index (χ1) is 10.3. The Balaban J connectivity index is 1.87. The Kier molecular flexibility index (Phi) is 3.60. The molecule has 1 heterocycles. The van der Waals surface area contributed by atoms with E-state index < -0.39 is 0 Å². The molecule has 3 N–H and O–H groups in total. The zero-order chi connectivity index (χ0) is 14.7. The van der Waals surface area contributed by atoms with Gasteiger partial charge >= 0.3 is 0 Å². The number of hydrogen-bond donors (Lipinski definition) is 3. The maximum atomic E-state index is 4.47. The number of imidazole rings is 1. The fourth-order valence-electron chi connectivity index (χ4n) is 2.23. The lowest BCUT2D eigenvalue weighted by molar-refractivity contribution is 1.31. The van der Waals surface area contributed by atoms with Crippen molar-refractivity contribution in [2.45, 2.75) is 0 Å². The molecule has 0 amide bonds. The van der Waals surface area contributed by atoms with Crippen molar-refractivity contribution in [1.82, 2.24) is 9.97 Å². The van der Waals surface area contributed by atoms with E-state index in [4.69, 9.17) is 0 Å². The predicted octanol–water partition coefficient (Wildman–Crippen LogP) is 3.83. The molecule has 0 spiro atoms. The average Bonchev–Trinajstić information content (AvgIpc) is 3.05. The van der Waals surface area contributed by atoms with Gasteiger partial charge in [-0.1, -0.05) is 12.1 Å². The summed E-state index contributed by atoms with van der Waals surface area (Å²) in [6.07, 6.45) is 1.87. The van der Waals surface area contributed by atoms with Crippen LogP contribution in [-0.4, -0.2) is 24.1 Å². The third-order valence-corrected chi connectivity index (χ3v) is 3.51. The zero-order valence-corrected chi connectivity index (χ0v) is 12.1. The molecule has 0 saturated carbocycles. The normalized spacial score (nSPS) is 10.4. The summed E-state index contributed by atoms with van der Waals surface area (Å²) >= 11 is 0. The van der Waals surface area contributed by atoms with Crippen LogP contribution in [0.25, 0.3) is 22.6 Å². The van der Waals surface area contributed by atoms with E-state index in [1.807, 2.05) is 32.4 Å². The van der Waals surface area contributed by atoms with Crippen molar-refractivity contribution in [2.75, 3.05) is 24.7 Å². The Morgan fingerprint density at radius 3 is 1.81 bits per heavy atom. The maximum Gasteiger partial charge on any atom is 0.137 e. The highest BCUT2D eigenvalue weighted by Gasteiger charge is 2.05. The Morgan fingerprint density at radius 2 is 1.29 bits per heavy atom. The minimum Gasteiger partial charge on any atom is -0.388 e. The summed E-state index contributed by atoms with van der Waals surface area (Å²) in [7, 11) is 3.83. The summed E-state index contributed by atoms with van der Waals surface area (Å²) in [4.78, 5) is 7.84. The summed E-state index contributed by atoms with van der Waals surface area (Å²) in [5.41, 5.74) is 5.41. The van der Waals surface area contributed by atoms with Crippen molar-refractivity contribution in [3.8, 4) is 22.6 Å². The summed E-state index contributed by atoms with van der Waals surface area (Å²) in [5, 5.41) is 6.23. The van der Waals surface area contributed by atoms with Crippen LogP contribution in [0.2, 0.25) is 0 Å². The lowest BCUT2D eigenvalue weighted by atomic mass is 10.1. The monoisotopic (exact) mass is 278 g/mol. The molecule has 106 valence electrons. The first kappa shape index (κ1) is 13.2. The van der Waals surface area contributed by atoms with E-state index in [-0.39, 0.29) is 0 Å². The van der Waals surface area contributed by atoms with Crippen molar-refractivity contribution in [1.29, 1.82) is 0 Å². The van der Waals surface area contributed by atoms with Crippen molar-refractivity contribution in [2.24, 2.45) is 0 Å². The minimum absolute atomic E-state index is 0.880. The maximum absolute atomic E-state index is 4.47. The standard InChI is InChI=1S/C17H18N4/c1-18-14-7-3-12(4-8-14)16-11-20-17(21-16)13-5-9-15(19-2)10-6-13/h3-11,18-19H,1-2H3,(H,20,21). The van der Waals surface area contributed by atoms with E-state index in [1.165, 1.54) is 0 Å². The lowest BCUT2D eigenvalue weighted by Crippen LogP contribution is -1.88. The first-order valence-corrected chi connectivity index (χ1v) is 6.91. The van der Waals surface area contributed by atoms with E-state index in [1.54, 1.807) is 0 Å². The van der Waals surface area contributed by atoms with Gasteiger partial charge < -0.3 is 15.6 Å². The minimum atomic E-state index is 0.880. The molecule has 1 aromatic heterocycles. The van der Waals surface area contributed by atoms with Crippen LogP contribution in [0.4, 0.5) is 11.4 Å². The summed E-state index contributed by atoms with van der Waals surface area (Å²) in [6.45, 7) is 0. The van der Waals surface area contributed by atoms with Crippen LogP contribution in [0, 0.1) is 0 Å². The number of rotatable bonds is 4. The largest absolute Gasteiger partial charge is 0.388 e. The van der Waals surface area contributed by atoms with Gasteiger partial charge in [0, 0.05) is 31.0 Å². The van der Waals surface area contributed by atoms with E-state index in [2.05, 4.69) is 57.0 Å². The zero-order valence-electron chi connectivity index (χ0n) is 12.1. The van der Waals surface area contributed by atoms with Gasteiger partial charge in [0.25, 0.3) is 0 Å². The molecule has 0 unspecified atom stereocenters. The highest BCUT2D eigenvalue weighted by molar-refractivity contribution is 5.67. The molecule has 0 radical (unpaired) electrons. The number of nitrogens with zero attached hydrogens (tertiary/aromatic N) is 1. The molecule has 0 saturated heterocycles. The highest BCUT2D eigenvalue weighted by atomic mass is 14.9.